The molecule has 0 saturated heterocycles. The number of allylic oxidation sites excluding steroid dienone is 5. The summed E-state index contributed by atoms with van der Waals surface area (Å²) in [5.74, 6) is 3.90. The van der Waals surface area contributed by atoms with Crippen LogP contribution < -0.4 is 0 Å². The van der Waals surface area contributed by atoms with E-state index < -0.39 is 0 Å². The van der Waals surface area contributed by atoms with Crippen LogP contribution in [0.2, 0.25) is 0 Å². The van der Waals surface area contributed by atoms with E-state index in [1.54, 1.807) is 0 Å². The van der Waals surface area contributed by atoms with Gasteiger partial charge in [0.15, 0.2) is 0 Å². The highest BCUT2D eigenvalue weighted by atomic mass is 16.3. The number of aliphatic hydroxyl groups is 1. The van der Waals surface area contributed by atoms with Crippen LogP contribution in [0.4, 0.5) is 0 Å². The molecule has 0 heterocycles. The van der Waals surface area contributed by atoms with Gasteiger partial charge in [0, 0.05) is 11.3 Å². The highest BCUT2D eigenvalue weighted by molar-refractivity contribution is 5.42. The summed E-state index contributed by atoms with van der Waals surface area (Å²) in [5.41, 5.74) is 3.66. The topological polar surface area (TPSA) is 20.2 Å². The van der Waals surface area contributed by atoms with Crippen LogP contribution in [0.5, 0.6) is 0 Å². The Labute approximate surface area is 179 Å². The van der Waals surface area contributed by atoms with Crippen LogP contribution in [0.1, 0.15) is 86.5 Å². The van der Waals surface area contributed by atoms with Crippen molar-refractivity contribution in [1.29, 1.82) is 0 Å². The van der Waals surface area contributed by atoms with E-state index >= 15 is 0 Å². The SMILES string of the molecule is CC1=C2C=C[C@@]3(CCC[C@]4(C)[C@@H]([C@H](C)/C=C/[C@H](C)C(C)C)CC[C@H]43)[C@@H]2[C@@H](O)CC1. The average molecular weight is 397 g/mol. The number of hydrogen-bond acceptors (Lipinski definition) is 1. The van der Waals surface area contributed by atoms with Gasteiger partial charge >= 0.3 is 0 Å². The first kappa shape index (κ1) is 21.4. The molecule has 0 aromatic rings. The van der Waals surface area contributed by atoms with Gasteiger partial charge in [-0.15, -0.1) is 0 Å². The van der Waals surface area contributed by atoms with Crippen molar-refractivity contribution in [3.8, 4) is 0 Å². The molecule has 2 fully saturated rings. The molecule has 2 saturated carbocycles. The third-order valence-electron chi connectivity index (χ3n) is 9.97. The summed E-state index contributed by atoms with van der Waals surface area (Å²) in [4.78, 5) is 0. The highest BCUT2D eigenvalue weighted by Gasteiger charge is 2.62. The number of rotatable bonds is 4. The minimum Gasteiger partial charge on any atom is -0.392 e. The van der Waals surface area contributed by atoms with Gasteiger partial charge in [0.1, 0.15) is 0 Å². The van der Waals surface area contributed by atoms with E-state index in [1.165, 1.54) is 43.3 Å². The quantitative estimate of drug-likeness (QED) is 0.493. The summed E-state index contributed by atoms with van der Waals surface area (Å²) in [6.07, 6.45) is 18.6. The second kappa shape index (κ2) is 7.70. The van der Waals surface area contributed by atoms with Gasteiger partial charge in [0.2, 0.25) is 0 Å². The van der Waals surface area contributed by atoms with Gasteiger partial charge in [-0.25, -0.2) is 0 Å². The third kappa shape index (κ3) is 3.31. The molecule has 0 aliphatic heterocycles. The normalized spacial score (nSPS) is 44.0. The highest BCUT2D eigenvalue weighted by Crippen LogP contribution is 2.69. The number of fused-ring (bicyclic) bond motifs is 4. The van der Waals surface area contributed by atoms with Gasteiger partial charge in [0.25, 0.3) is 0 Å². The van der Waals surface area contributed by atoms with Gasteiger partial charge in [-0.05, 0) is 86.0 Å². The summed E-state index contributed by atoms with van der Waals surface area (Å²) in [7, 11) is 0. The van der Waals surface area contributed by atoms with Crippen LogP contribution in [0.15, 0.2) is 35.5 Å². The molecule has 1 spiro atoms. The zero-order valence-electron chi connectivity index (χ0n) is 19.7. The molecular formula is C28H44O. The average Bonchev–Trinajstić information content (AvgIpc) is 3.23. The molecule has 1 N–H and O–H groups in total. The first-order valence-corrected chi connectivity index (χ1v) is 12.5. The Morgan fingerprint density at radius 3 is 2.55 bits per heavy atom. The fourth-order valence-electron chi connectivity index (χ4n) is 7.99. The minimum atomic E-state index is -0.144. The molecule has 0 radical (unpaired) electrons. The molecule has 1 nitrogen and oxygen atoms in total. The summed E-state index contributed by atoms with van der Waals surface area (Å²) < 4.78 is 0. The van der Waals surface area contributed by atoms with E-state index in [0.717, 1.165) is 24.7 Å². The van der Waals surface area contributed by atoms with Crippen LogP contribution in [0.25, 0.3) is 0 Å². The summed E-state index contributed by atoms with van der Waals surface area (Å²) in [5, 5.41) is 11.1. The van der Waals surface area contributed by atoms with E-state index in [4.69, 9.17) is 0 Å². The summed E-state index contributed by atoms with van der Waals surface area (Å²) >= 11 is 0. The molecule has 8 atom stereocenters. The van der Waals surface area contributed by atoms with E-state index in [-0.39, 0.29) is 11.5 Å². The van der Waals surface area contributed by atoms with Gasteiger partial charge in [-0.1, -0.05) is 70.9 Å². The Morgan fingerprint density at radius 1 is 1.07 bits per heavy atom. The molecule has 1 heteroatoms. The molecule has 0 amide bonds. The molecule has 0 aromatic heterocycles. The Balaban J connectivity index is 1.62. The van der Waals surface area contributed by atoms with Crippen molar-refractivity contribution < 1.29 is 5.11 Å². The van der Waals surface area contributed by atoms with E-state index in [9.17, 15) is 5.11 Å². The Kier molecular flexibility index (Phi) is 5.69. The lowest BCUT2D eigenvalue weighted by Gasteiger charge is -2.55. The van der Waals surface area contributed by atoms with Crippen molar-refractivity contribution in [2.75, 3.05) is 0 Å². The monoisotopic (exact) mass is 396 g/mol. The minimum absolute atomic E-state index is 0.144. The van der Waals surface area contributed by atoms with Gasteiger partial charge < -0.3 is 5.11 Å². The van der Waals surface area contributed by atoms with Crippen molar-refractivity contribution in [3.05, 3.63) is 35.5 Å². The van der Waals surface area contributed by atoms with E-state index in [0.29, 0.717) is 29.1 Å². The summed E-state index contributed by atoms with van der Waals surface area (Å²) in [6, 6.07) is 0. The fraction of sp³-hybridized carbons (Fsp3) is 0.786. The predicted molar refractivity (Wildman–Crippen MR) is 123 cm³/mol. The maximum Gasteiger partial charge on any atom is 0.0620 e. The molecule has 29 heavy (non-hydrogen) atoms. The predicted octanol–water partition coefficient (Wildman–Crippen LogP) is 7.33. The van der Waals surface area contributed by atoms with Crippen LogP contribution >= 0.6 is 0 Å². The first-order chi connectivity index (χ1) is 13.7. The zero-order chi connectivity index (χ0) is 21.0. The Hall–Kier alpha value is -0.820. The molecule has 0 aromatic carbocycles. The maximum absolute atomic E-state index is 11.1. The largest absolute Gasteiger partial charge is 0.392 e. The molecule has 162 valence electrons. The maximum atomic E-state index is 11.1. The molecule has 4 aliphatic rings. The van der Waals surface area contributed by atoms with Gasteiger partial charge in [-0.3, -0.25) is 0 Å². The third-order valence-corrected chi connectivity index (χ3v) is 9.97. The lowest BCUT2D eigenvalue weighted by atomic mass is 9.49. The standard InChI is InChI=1S/C28H44O/c1-18(2)19(3)8-9-21(5)23-11-13-25-27(23,6)15-7-16-28(25)17-14-22-20(4)10-12-24(29)26(22)28/h8-9,14,17-19,21,23-26,29H,7,10-13,15-16H2,1-6H3/b9-8+/t19-,21+,23+,24-,25+,26-,27+,28+/m0/s1. The van der Waals surface area contributed by atoms with Crippen LogP contribution in [0, 0.1) is 46.3 Å². The van der Waals surface area contributed by atoms with Crippen molar-refractivity contribution >= 4 is 0 Å². The molecule has 0 bridgehead atoms. The van der Waals surface area contributed by atoms with Crippen LogP contribution in [-0.2, 0) is 0 Å². The van der Waals surface area contributed by atoms with Crippen molar-refractivity contribution in [2.45, 2.75) is 92.6 Å². The van der Waals surface area contributed by atoms with Gasteiger partial charge in [0.05, 0.1) is 6.10 Å². The second-order valence-electron chi connectivity index (χ2n) is 11.7. The molecule has 4 aliphatic carbocycles. The molecule has 4 rings (SSSR count). The number of hydrogen-bond donors (Lipinski definition) is 1. The summed E-state index contributed by atoms with van der Waals surface area (Å²) in [6.45, 7) is 14.4. The first-order valence-electron chi connectivity index (χ1n) is 12.5. The molecular weight excluding hydrogens is 352 g/mol. The van der Waals surface area contributed by atoms with E-state index in [2.05, 4.69) is 65.8 Å². The fourth-order valence-corrected chi connectivity index (χ4v) is 7.99. The lowest BCUT2D eigenvalue weighted by molar-refractivity contribution is -0.0569. The smallest absolute Gasteiger partial charge is 0.0620 e. The van der Waals surface area contributed by atoms with Gasteiger partial charge in [-0.2, -0.15) is 0 Å². The lowest BCUT2D eigenvalue weighted by Crippen LogP contribution is -2.50. The zero-order valence-corrected chi connectivity index (χ0v) is 19.7. The van der Waals surface area contributed by atoms with Crippen LogP contribution in [-0.4, -0.2) is 11.2 Å². The second-order valence-corrected chi connectivity index (χ2v) is 11.7. The number of aliphatic hydroxyl groups excluding tert-OH is 1. The van der Waals surface area contributed by atoms with Crippen molar-refractivity contribution in [3.63, 3.8) is 0 Å². The Bertz CT molecular complexity index is 712. The Morgan fingerprint density at radius 2 is 1.83 bits per heavy atom. The van der Waals surface area contributed by atoms with E-state index in [1.807, 2.05) is 0 Å². The van der Waals surface area contributed by atoms with Crippen molar-refractivity contribution in [2.24, 2.45) is 46.3 Å². The molecule has 0 unspecified atom stereocenters. The van der Waals surface area contributed by atoms with Crippen LogP contribution in [0.3, 0.4) is 0 Å². The van der Waals surface area contributed by atoms with Crippen molar-refractivity contribution in [1.82, 2.24) is 0 Å².